The van der Waals surface area contributed by atoms with Gasteiger partial charge in [-0.25, -0.2) is 13.2 Å². The summed E-state index contributed by atoms with van der Waals surface area (Å²) in [7, 11) is 0. The van der Waals surface area contributed by atoms with Gasteiger partial charge in [0.2, 0.25) is 5.43 Å². The first-order chi connectivity index (χ1) is 5.11. The number of aromatic nitrogens is 1. The minimum atomic E-state index is -2.77. The number of alkyl halides is 2. The molecule has 0 unspecified atom stereocenters. The lowest BCUT2D eigenvalue weighted by atomic mass is 10.3. The maximum Gasteiger partial charge on any atom is 0.278 e. The topological polar surface area (TPSA) is 32.9 Å². The molecular weight excluding hydrogens is 159 g/mol. The largest absolute Gasteiger partial charge is 0.358 e. The van der Waals surface area contributed by atoms with Crippen LogP contribution in [0.4, 0.5) is 13.2 Å². The molecule has 11 heavy (non-hydrogen) atoms. The molecule has 1 aromatic heterocycles. The Hall–Kier alpha value is -1.26. The van der Waals surface area contributed by atoms with Crippen LogP contribution in [-0.4, -0.2) is 4.98 Å². The Morgan fingerprint density at radius 3 is 2.55 bits per heavy atom. The van der Waals surface area contributed by atoms with Crippen molar-refractivity contribution in [2.45, 2.75) is 6.43 Å². The highest BCUT2D eigenvalue weighted by atomic mass is 19.3. The zero-order chi connectivity index (χ0) is 8.43. The Balaban J connectivity index is 3.16. The number of hydrogen-bond donors (Lipinski definition) is 1. The van der Waals surface area contributed by atoms with Gasteiger partial charge in [-0.05, 0) is 0 Å². The maximum absolute atomic E-state index is 12.2. The standard InChI is InChI=1S/C6H4F3NO/c7-3-2-10-4(6(8)9)1-5(3)11/h1-2,6H,(H,10,11). The summed E-state index contributed by atoms with van der Waals surface area (Å²) in [5, 5.41) is 0. The van der Waals surface area contributed by atoms with Gasteiger partial charge in [0.25, 0.3) is 6.43 Å². The zero-order valence-electron chi connectivity index (χ0n) is 5.27. The van der Waals surface area contributed by atoms with Crippen molar-refractivity contribution in [2.75, 3.05) is 0 Å². The summed E-state index contributed by atoms with van der Waals surface area (Å²) in [5.74, 6) is -1.06. The summed E-state index contributed by atoms with van der Waals surface area (Å²) in [5.41, 5.74) is -1.60. The Morgan fingerprint density at radius 1 is 1.45 bits per heavy atom. The molecule has 0 aliphatic carbocycles. The normalized spacial score (nSPS) is 10.5. The van der Waals surface area contributed by atoms with Crippen molar-refractivity contribution in [1.29, 1.82) is 0 Å². The van der Waals surface area contributed by atoms with E-state index in [2.05, 4.69) is 0 Å². The monoisotopic (exact) mass is 163 g/mol. The average Bonchev–Trinajstić information content (AvgIpc) is 1.94. The summed E-state index contributed by atoms with van der Waals surface area (Å²) in [6.07, 6.45) is -2.16. The van der Waals surface area contributed by atoms with Gasteiger partial charge in [0, 0.05) is 12.3 Å². The molecule has 0 aromatic carbocycles. The van der Waals surface area contributed by atoms with Crippen LogP contribution in [0, 0.1) is 5.82 Å². The van der Waals surface area contributed by atoms with Gasteiger partial charge >= 0.3 is 0 Å². The van der Waals surface area contributed by atoms with Crippen LogP contribution < -0.4 is 5.43 Å². The van der Waals surface area contributed by atoms with E-state index in [0.717, 1.165) is 0 Å². The Morgan fingerprint density at radius 2 is 2.09 bits per heavy atom. The summed E-state index contributed by atoms with van der Waals surface area (Å²) in [6, 6.07) is 0.542. The number of pyridine rings is 1. The highest BCUT2D eigenvalue weighted by Crippen LogP contribution is 2.13. The van der Waals surface area contributed by atoms with E-state index in [1.807, 2.05) is 4.98 Å². The van der Waals surface area contributed by atoms with E-state index >= 15 is 0 Å². The van der Waals surface area contributed by atoms with Crippen molar-refractivity contribution < 1.29 is 13.2 Å². The van der Waals surface area contributed by atoms with Crippen LogP contribution in [0.2, 0.25) is 0 Å². The van der Waals surface area contributed by atoms with E-state index in [-0.39, 0.29) is 0 Å². The van der Waals surface area contributed by atoms with Gasteiger partial charge in [0.05, 0.1) is 5.69 Å². The molecule has 1 N–H and O–H groups in total. The fourth-order valence-corrected chi connectivity index (χ4v) is 0.596. The Bertz CT molecular complexity index is 307. The van der Waals surface area contributed by atoms with E-state index in [4.69, 9.17) is 0 Å². The SMILES string of the molecule is O=c1cc(C(F)F)[nH]cc1F. The van der Waals surface area contributed by atoms with E-state index in [0.29, 0.717) is 12.3 Å². The van der Waals surface area contributed by atoms with E-state index in [1.54, 1.807) is 0 Å². The van der Waals surface area contributed by atoms with Crippen molar-refractivity contribution >= 4 is 0 Å². The summed E-state index contributed by atoms with van der Waals surface area (Å²) in [4.78, 5) is 12.4. The van der Waals surface area contributed by atoms with Crippen molar-refractivity contribution in [1.82, 2.24) is 4.98 Å². The third-order valence-corrected chi connectivity index (χ3v) is 1.12. The van der Waals surface area contributed by atoms with Crippen LogP contribution in [-0.2, 0) is 0 Å². The predicted molar refractivity (Wildman–Crippen MR) is 32.0 cm³/mol. The molecule has 0 amide bonds. The first-order valence-corrected chi connectivity index (χ1v) is 2.77. The fraction of sp³-hybridized carbons (Fsp3) is 0.167. The Kier molecular flexibility index (Phi) is 1.98. The number of hydrogen-bond acceptors (Lipinski definition) is 1. The average molecular weight is 163 g/mol. The highest BCUT2D eigenvalue weighted by molar-refractivity contribution is 5.06. The Labute approximate surface area is 59.7 Å². The molecule has 0 saturated carbocycles. The molecule has 1 rings (SSSR count). The molecule has 60 valence electrons. The molecule has 1 aromatic rings. The van der Waals surface area contributed by atoms with Crippen LogP contribution in [0.1, 0.15) is 12.1 Å². The van der Waals surface area contributed by atoms with Crippen molar-refractivity contribution in [3.05, 3.63) is 34.0 Å². The van der Waals surface area contributed by atoms with Crippen LogP contribution in [0.25, 0.3) is 0 Å². The van der Waals surface area contributed by atoms with Crippen molar-refractivity contribution in [3.8, 4) is 0 Å². The van der Waals surface area contributed by atoms with E-state index in [9.17, 15) is 18.0 Å². The number of rotatable bonds is 1. The first-order valence-electron chi connectivity index (χ1n) is 2.77. The van der Waals surface area contributed by atoms with Crippen molar-refractivity contribution in [3.63, 3.8) is 0 Å². The highest BCUT2D eigenvalue weighted by Gasteiger charge is 2.08. The number of halogens is 3. The molecule has 0 aliphatic rings. The summed E-state index contributed by atoms with van der Waals surface area (Å²) < 4.78 is 35.7. The fourth-order valence-electron chi connectivity index (χ4n) is 0.596. The second-order valence-corrected chi connectivity index (χ2v) is 1.90. The zero-order valence-corrected chi connectivity index (χ0v) is 5.27. The smallest absolute Gasteiger partial charge is 0.278 e. The third-order valence-electron chi connectivity index (χ3n) is 1.12. The van der Waals surface area contributed by atoms with Crippen LogP contribution in [0.15, 0.2) is 17.1 Å². The molecule has 0 atom stereocenters. The molecule has 1 heterocycles. The van der Waals surface area contributed by atoms with Crippen LogP contribution in [0.3, 0.4) is 0 Å². The van der Waals surface area contributed by atoms with Gasteiger partial charge in [-0.15, -0.1) is 0 Å². The molecule has 5 heteroatoms. The molecule has 2 nitrogen and oxygen atoms in total. The molecule has 0 fully saturated rings. The quantitative estimate of drug-likeness (QED) is 0.667. The van der Waals surface area contributed by atoms with Crippen LogP contribution >= 0.6 is 0 Å². The van der Waals surface area contributed by atoms with Gasteiger partial charge in [0.15, 0.2) is 5.82 Å². The second-order valence-electron chi connectivity index (χ2n) is 1.90. The molecule has 0 saturated heterocycles. The lowest BCUT2D eigenvalue weighted by Gasteiger charge is -1.96. The minimum Gasteiger partial charge on any atom is -0.358 e. The number of H-pyrrole nitrogens is 1. The number of aromatic amines is 1. The third kappa shape index (κ3) is 1.60. The van der Waals surface area contributed by atoms with Gasteiger partial charge in [-0.1, -0.05) is 0 Å². The van der Waals surface area contributed by atoms with Gasteiger partial charge in [-0.2, -0.15) is 0 Å². The second kappa shape index (κ2) is 2.77. The van der Waals surface area contributed by atoms with E-state index in [1.165, 1.54) is 0 Å². The van der Waals surface area contributed by atoms with Gasteiger partial charge in [0.1, 0.15) is 0 Å². The van der Waals surface area contributed by atoms with Crippen LogP contribution in [0.5, 0.6) is 0 Å². The maximum atomic E-state index is 12.2. The molecule has 0 radical (unpaired) electrons. The molecule has 0 aliphatic heterocycles. The molecule has 0 bridgehead atoms. The first kappa shape index (κ1) is 7.84. The summed E-state index contributed by atoms with van der Waals surface area (Å²) in [6.45, 7) is 0. The van der Waals surface area contributed by atoms with Gasteiger partial charge < -0.3 is 4.98 Å². The molecule has 0 spiro atoms. The van der Waals surface area contributed by atoms with Crippen molar-refractivity contribution in [2.24, 2.45) is 0 Å². The lowest BCUT2D eigenvalue weighted by molar-refractivity contribution is 0.145. The van der Waals surface area contributed by atoms with Gasteiger partial charge in [-0.3, -0.25) is 4.79 Å². The minimum absolute atomic E-state index is 0.542. The molecular formula is C6H4F3NO. The summed E-state index contributed by atoms with van der Waals surface area (Å²) >= 11 is 0. The predicted octanol–water partition coefficient (Wildman–Crippen LogP) is 1.45. The number of nitrogens with one attached hydrogen (secondary N) is 1. The lowest BCUT2D eigenvalue weighted by Crippen LogP contribution is -2.07. The van der Waals surface area contributed by atoms with E-state index < -0.39 is 23.4 Å².